The third-order valence-electron chi connectivity index (χ3n) is 3.26. The number of rotatable bonds is 8. The third kappa shape index (κ3) is 6.41. The molecule has 1 rings (SSSR count). The molecular weight excluding hydrogens is 352 g/mol. The van der Waals surface area contributed by atoms with Gasteiger partial charge in [0.2, 0.25) is 5.91 Å². The molecule has 8 heteroatoms. The Kier molecular flexibility index (Phi) is 8.63. The van der Waals surface area contributed by atoms with Gasteiger partial charge in [0, 0.05) is 10.6 Å². The summed E-state index contributed by atoms with van der Waals surface area (Å²) in [6.07, 6.45) is 2.36. The normalized spacial score (nSPS) is 12.8. The molecular formula is C16H21ClN2O4S. The lowest BCUT2D eigenvalue weighted by molar-refractivity contribution is -0.145. The van der Waals surface area contributed by atoms with Crippen LogP contribution >= 0.6 is 23.4 Å². The van der Waals surface area contributed by atoms with Crippen LogP contribution in [0.2, 0.25) is 5.02 Å². The van der Waals surface area contributed by atoms with E-state index in [2.05, 4.69) is 15.4 Å². The van der Waals surface area contributed by atoms with Crippen LogP contribution in [0.25, 0.3) is 0 Å². The molecule has 24 heavy (non-hydrogen) atoms. The Hall–Kier alpha value is -1.73. The second-order valence-corrected chi connectivity index (χ2v) is 6.49. The van der Waals surface area contributed by atoms with Crippen LogP contribution in [0.4, 0.5) is 0 Å². The van der Waals surface area contributed by atoms with E-state index in [0.29, 0.717) is 22.8 Å². The van der Waals surface area contributed by atoms with Gasteiger partial charge in [-0.15, -0.1) is 0 Å². The second-order valence-electron chi connectivity index (χ2n) is 5.07. The number of benzene rings is 1. The average Bonchev–Trinajstić information content (AvgIpc) is 2.57. The zero-order valence-corrected chi connectivity index (χ0v) is 15.4. The fourth-order valence-electron chi connectivity index (χ4n) is 1.87. The van der Waals surface area contributed by atoms with Crippen molar-refractivity contribution in [2.75, 3.05) is 19.1 Å². The lowest BCUT2D eigenvalue weighted by Gasteiger charge is -2.19. The number of methoxy groups -OCH3 is 1. The van der Waals surface area contributed by atoms with Crippen molar-refractivity contribution in [3.63, 3.8) is 0 Å². The van der Waals surface area contributed by atoms with Gasteiger partial charge in [-0.1, -0.05) is 11.6 Å². The molecule has 0 aromatic heterocycles. The standard InChI is InChI=1S/C16H21ClN2O4S/c1-10(18-15(21)11-4-6-12(17)7-5-11)14(20)19-13(8-9-24-3)16(22)23-2/h4-7,10,13H,8-9H2,1-3H3,(H,18,21)(H,19,20). The summed E-state index contributed by atoms with van der Waals surface area (Å²) in [6.45, 7) is 1.55. The van der Waals surface area contributed by atoms with Crippen LogP contribution in [0.5, 0.6) is 0 Å². The van der Waals surface area contributed by atoms with E-state index in [1.54, 1.807) is 43.0 Å². The van der Waals surface area contributed by atoms with Crippen LogP contribution in [0.3, 0.4) is 0 Å². The first-order valence-corrected chi connectivity index (χ1v) is 9.09. The second kappa shape index (κ2) is 10.2. The first-order chi connectivity index (χ1) is 11.4. The lowest BCUT2D eigenvalue weighted by Crippen LogP contribution is -2.50. The van der Waals surface area contributed by atoms with Gasteiger partial charge in [-0.2, -0.15) is 11.8 Å². The van der Waals surface area contributed by atoms with Gasteiger partial charge in [0.05, 0.1) is 7.11 Å². The van der Waals surface area contributed by atoms with Gasteiger partial charge in [0.25, 0.3) is 5.91 Å². The van der Waals surface area contributed by atoms with Gasteiger partial charge in [-0.3, -0.25) is 9.59 Å². The molecule has 0 saturated carbocycles. The maximum Gasteiger partial charge on any atom is 0.328 e. The summed E-state index contributed by atoms with van der Waals surface area (Å²) < 4.78 is 4.69. The zero-order valence-electron chi connectivity index (χ0n) is 13.8. The van der Waals surface area contributed by atoms with Crippen molar-refractivity contribution < 1.29 is 19.1 Å². The van der Waals surface area contributed by atoms with Crippen LogP contribution < -0.4 is 10.6 Å². The Morgan fingerprint density at radius 2 is 1.83 bits per heavy atom. The molecule has 1 aromatic rings. The molecule has 2 N–H and O–H groups in total. The quantitative estimate of drug-likeness (QED) is 0.680. The van der Waals surface area contributed by atoms with Gasteiger partial charge in [0.15, 0.2) is 0 Å². The Morgan fingerprint density at radius 1 is 1.21 bits per heavy atom. The summed E-state index contributed by atoms with van der Waals surface area (Å²) in [4.78, 5) is 36.0. The zero-order chi connectivity index (χ0) is 18.1. The predicted molar refractivity (Wildman–Crippen MR) is 95.3 cm³/mol. The maximum absolute atomic E-state index is 12.2. The number of hydrogen-bond donors (Lipinski definition) is 2. The van der Waals surface area contributed by atoms with E-state index in [0.717, 1.165) is 0 Å². The fourth-order valence-corrected chi connectivity index (χ4v) is 2.47. The van der Waals surface area contributed by atoms with Gasteiger partial charge in [-0.05, 0) is 49.6 Å². The predicted octanol–water partition coefficient (Wildman–Crippen LogP) is 1.87. The number of thioether (sulfide) groups is 1. The first kappa shape index (κ1) is 20.3. The highest BCUT2D eigenvalue weighted by molar-refractivity contribution is 7.98. The van der Waals surface area contributed by atoms with Crippen molar-refractivity contribution in [2.24, 2.45) is 0 Å². The average molecular weight is 373 g/mol. The topological polar surface area (TPSA) is 84.5 Å². The van der Waals surface area contributed by atoms with Gasteiger partial charge in [-0.25, -0.2) is 4.79 Å². The molecule has 6 nitrogen and oxygen atoms in total. The molecule has 1 aromatic carbocycles. The highest BCUT2D eigenvalue weighted by atomic mass is 35.5. The summed E-state index contributed by atoms with van der Waals surface area (Å²) >= 11 is 7.34. The molecule has 0 spiro atoms. The molecule has 0 saturated heterocycles. The molecule has 2 unspecified atom stereocenters. The molecule has 132 valence electrons. The van der Waals surface area contributed by atoms with E-state index in [1.165, 1.54) is 7.11 Å². The van der Waals surface area contributed by atoms with E-state index in [9.17, 15) is 14.4 Å². The van der Waals surface area contributed by atoms with Crippen molar-refractivity contribution in [1.29, 1.82) is 0 Å². The third-order valence-corrected chi connectivity index (χ3v) is 4.16. The van der Waals surface area contributed by atoms with Crippen molar-refractivity contribution in [3.8, 4) is 0 Å². The summed E-state index contributed by atoms with van der Waals surface area (Å²) in [7, 11) is 1.27. The number of halogens is 1. The number of amides is 2. The highest BCUT2D eigenvalue weighted by Crippen LogP contribution is 2.09. The van der Waals surface area contributed by atoms with Crippen molar-refractivity contribution in [2.45, 2.75) is 25.4 Å². The summed E-state index contributed by atoms with van der Waals surface area (Å²) in [5.74, 6) is -0.651. The summed E-state index contributed by atoms with van der Waals surface area (Å²) in [5.41, 5.74) is 0.394. The molecule has 0 bridgehead atoms. The molecule has 0 aliphatic heterocycles. The van der Waals surface area contributed by atoms with Crippen molar-refractivity contribution >= 4 is 41.1 Å². The van der Waals surface area contributed by atoms with E-state index in [4.69, 9.17) is 11.6 Å². The molecule has 0 radical (unpaired) electrons. The highest BCUT2D eigenvalue weighted by Gasteiger charge is 2.24. The van der Waals surface area contributed by atoms with Crippen molar-refractivity contribution in [1.82, 2.24) is 10.6 Å². The SMILES string of the molecule is COC(=O)C(CCSC)NC(=O)C(C)NC(=O)c1ccc(Cl)cc1. The van der Waals surface area contributed by atoms with Crippen LogP contribution in [-0.2, 0) is 14.3 Å². The largest absolute Gasteiger partial charge is 0.467 e. The summed E-state index contributed by atoms with van der Waals surface area (Å²) in [6, 6.07) is 4.79. The Morgan fingerprint density at radius 3 is 2.38 bits per heavy atom. The van der Waals surface area contributed by atoms with Gasteiger partial charge < -0.3 is 15.4 Å². The van der Waals surface area contributed by atoms with Crippen LogP contribution in [-0.4, -0.2) is 49.0 Å². The molecule has 0 fully saturated rings. The van der Waals surface area contributed by atoms with Crippen LogP contribution in [0.15, 0.2) is 24.3 Å². The molecule has 2 atom stereocenters. The fraction of sp³-hybridized carbons (Fsp3) is 0.438. The van der Waals surface area contributed by atoms with E-state index < -0.39 is 29.9 Å². The monoisotopic (exact) mass is 372 g/mol. The minimum atomic E-state index is -0.797. The van der Waals surface area contributed by atoms with E-state index in [-0.39, 0.29) is 0 Å². The maximum atomic E-state index is 12.2. The molecule has 2 amide bonds. The lowest BCUT2D eigenvalue weighted by atomic mass is 10.1. The number of esters is 1. The molecule has 0 aliphatic carbocycles. The Balaban J connectivity index is 2.63. The number of carbonyl (C=O) groups excluding carboxylic acids is 3. The van der Waals surface area contributed by atoms with E-state index in [1.807, 2.05) is 6.26 Å². The first-order valence-electron chi connectivity index (χ1n) is 7.32. The van der Waals surface area contributed by atoms with Crippen molar-refractivity contribution in [3.05, 3.63) is 34.9 Å². The Labute approximate surface area is 150 Å². The van der Waals surface area contributed by atoms with Crippen LogP contribution in [0, 0.1) is 0 Å². The van der Waals surface area contributed by atoms with Gasteiger partial charge in [0.1, 0.15) is 12.1 Å². The smallest absolute Gasteiger partial charge is 0.328 e. The summed E-state index contributed by atoms with van der Waals surface area (Å²) in [5, 5.41) is 5.71. The molecule has 0 aliphatic rings. The molecule has 0 heterocycles. The van der Waals surface area contributed by atoms with Gasteiger partial charge >= 0.3 is 5.97 Å². The van der Waals surface area contributed by atoms with Crippen LogP contribution in [0.1, 0.15) is 23.7 Å². The number of ether oxygens (including phenoxy) is 1. The number of carbonyl (C=O) groups is 3. The number of hydrogen-bond acceptors (Lipinski definition) is 5. The van der Waals surface area contributed by atoms with E-state index >= 15 is 0 Å². The number of nitrogens with one attached hydrogen (secondary N) is 2. The Bertz CT molecular complexity index is 580. The minimum Gasteiger partial charge on any atom is -0.467 e. The minimum absolute atomic E-state index is 0.394.